The molecule has 0 aliphatic carbocycles. The predicted octanol–water partition coefficient (Wildman–Crippen LogP) is 2.40. The first-order valence-electron chi connectivity index (χ1n) is 7.49. The van der Waals surface area contributed by atoms with E-state index in [0.29, 0.717) is 24.8 Å². The zero-order valence-corrected chi connectivity index (χ0v) is 12.7. The molecule has 1 aliphatic rings. The number of alkyl halides is 3. The maximum atomic E-state index is 12.6. The highest BCUT2D eigenvalue weighted by Gasteiger charge is 2.31. The van der Waals surface area contributed by atoms with Gasteiger partial charge in [0.2, 0.25) is 0 Å². The molecule has 8 heteroatoms. The van der Waals surface area contributed by atoms with Crippen molar-refractivity contribution in [2.24, 2.45) is 0 Å². The molecule has 1 aromatic heterocycles. The number of phenols is 1. The van der Waals surface area contributed by atoms with E-state index in [1.807, 2.05) is 0 Å². The number of rotatable bonds is 3. The molecule has 0 saturated carbocycles. The molecule has 2 N–H and O–H groups in total. The Morgan fingerprint density at radius 2 is 2.04 bits per heavy atom. The smallest absolute Gasteiger partial charge is 0.416 e. The van der Waals surface area contributed by atoms with Gasteiger partial charge in [0.1, 0.15) is 5.75 Å². The van der Waals surface area contributed by atoms with Crippen molar-refractivity contribution in [3.8, 4) is 17.0 Å². The zero-order valence-electron chi connectivity index (χ0n) is 12.7. The van der Waals surface area contributed by atoms with E-state index in [4.69, 9.17) is 4.74 Å². The zero-order chi connectivity index (χ0) is 17.2. The minimum absolute atomic E-state index is 0.0263. The number of hydrogen-bond donors (Lipinski definition) is 2. The molecule has 0 bridgehead atoms. The number of morpholine rings is 1. The van der Waals surface area contributed by atoms with Gasteiger partial charge in [0.25, 0.3) is 0 Å². The number of aromatic hydroxyl groups is 1. The summed E-state index contributed by atoms with van der Waals surface area (Å²) in [5.74, 6) is -0.480. The molecule has 128 valence electrons. The van der Waals surface area contributed by atoms with E-state index in [-0.39, 0.29) is 11.7 Å². The molecular weight excluding hydrogens is 323 g/mol. The van der Waals surface area contributed by atoms with Crippen molar-refractivity contribution >= 4 is 0 Å². The lowest BCUT2D eigenvalue weighted by atomic mass is 10.1. The van der Waals surface area contributed by atoms with Gasteiger partial charge in [-0.15, -0.1) is 0 Å². The molecule has 3 rings (SSSR count). The first kappa shape index (κ1) is 16.7. The number of benzene rings is 1. The molecule has 2 heterocycles. The van der Waals surface area contributed by atoms with E-state index in [1.54, 1.807) is 12.1 Å². The Kier molecular flexibility index (Phi) is 4.68. The minimum atomic E-state index is -4.50. The van der Waals surface area contributed by atoms with Crippen molar-refractivity contribution < 1.29 is 23.0 Å². The van der Waals surface area contributed by atoms with E-state index in [2.05, 4.69) is 15.5 Å². The number of halogens is 3. The normalized spacial score (nSPS) is 18.5. The predicted molar refractivity (Wildman–Crippen MR) is 80.4 cm³/mol. The van der Waals surface area contributed by atoms with Crippen molar-refractivity contribution in [2.75, 3.05) is 19.7 Å². The van der Waals surface area contributed by atoms with Crippen LogP contribution in [0.3, 0.4) is 0 Å². The first-order valence-corrected chi connectivity index (χ1v) is 7.49. The summed E-state index contributed by atoms with van der Waals surface area (Å²) >= 11 is 0. The van der Waals surface area contributed by atoms with Gasteiger partial charge in [-0.25, -0.2) is 0 Å². The third-order valence-corrected chi connectivity index (χ3v) is 3.76. The molecule has 0 radical (unpaired) electrons. The van der Waals surface area contributed by atoms with Crippen LogP contribution in [-0.4, -0.2) is 41.1 Å². The van der Waals surface area contributed by atoms with Crippen molar-refractivity contribution in [1.29, 1.82) is 0 Å². The number of aromatic nitrogens is 2. The molecule has 1 atom stereocenters. The topological polar surface area (TPSA) is 67.3 Å². The van der Waals surface area contributed by atoms with Crippen LogP contribution >= 0.6 is 0 Å². The maximum absolute atomic E-state index is 12.6. The second-order valence-corrected chi connectivity index (χ2v) is 5.54. The summed E-state index contributed by atoms with van der Waals surface area (Å²) in [4.78, 5) is 0. The second-order valence-electron chi connectivity index (χ2n) is 5.54. The van der Waals surface area contributed by atoms with Crippen LogP contribution in [-0.2, 0) is 17.3 Å². The number of ether oxygens (including phenoxy) is 1. The maximum Gasteiger partial charge on any atom is 0.416 e. The Morgan fingerprint density at radius 1 is 1.21 bits per heavy atom. The van der Waals surface area contributed by atoms with Crippen molar-refractivity contribution in [3.05, 3.63) is 41.6 Å². The highest BCUT2D eigenvalue weighted by atomic mass is 19.4. The molecule has 5 nitrogen and oxygen atoms in total. The number of phenolic OH excluding ortho intramolecular Hbond substituents is 1. The second kappa shape index (κ2) is 6.74. The summed E-state index contributed by atoms with van der Waals surface area (Å²) in [6, 6.07) is 6.15. The summed E-state index contributed by atoms with van der Waals surface area (Å²) in [7, 11) is 0. The Bertz CT molecular complexity index is 699. The van der Waals surface area contributed by atoms with Gasteiger partial charge in [0, 0.05) is 25.1 Å². The molecule has 1 aliphatic heterocycles. The van der Waals surface area contributed by atoms with Crippen LogP contribution < -0.4 is 5.32 Å². The quantitative estimate of drug-likeness (QED) is 0.899. The fraction of sp³-hybridized carbons (Fsp3) is 0.375. The van der Waals surface area contributed by atoms with Crippen LogP contribution in [0.1, 0.15) is 11.3 Å². The van der Waals surface area contributed by atoms with Crippen LogP contribution in [0.15, 0.2) is 30.3 Å². The fourth-order valence-corrected chi connectivity index (χ4v) is 2.52. The number of hydrogen-bond acceptors (Lipinski definition) is 5. The summed E-state index contributed by atoms with van der Waals surface area (Å²) < 4.78 is 43.4. The van der Waals surface area contributed by atoms with Gasteiger partial charge >= 0.3 is 6.18 Å². The average Bonchev–Trinajstić information content (AvgIpc) is 2.56. The van der Waals surface area contributed by atoms with E-state index in [0.717, 1.165) is 24.8 Å². The van der Waals surface area contributed by atoms with Gasteiger partial charge in [0.05, 0.1) is 29.7 Å². The molecular formula is C16H16F3N3O2. The molecule has 0 spiro atoms. The largest absolute Gasteiger partial charge is 0.507 e. The van der Waals surface area contributed by atoms with Crippen molar-refractivity contribution in [2.45, 2.75) is 18.7 Å². The standard InChI is InChI=1S/C16H16F3N3O2/c17-16(18,19)10-1-3-13(15(23)7-10)14-4-2-11(21-22-14)8-12-9-20-5-6-24-12/h1-4,7,12,20,23H,5-6,8-9H2/t12-/m0/s1. The summed E-state index contributed by atoms with van der Waals surface area (Å²) in [5, 5.41) is 21.1. The summed E-state index contributed by atoms with van der Waals surface area (Å²) in [6.45, 7) is 2.22. The van der Waals surface area contributed by atoms with Gasteiger partial charge in [-0.2, -0.15) is 23.4 Å². The molecule has 1 fully saturated rings. The van der Waals surface area contributed by atoms with E-state index < -0.39 is 17.5 Å². The summed E-state index contributed by atoms with van der Waals surface area (Å²) in [6.07, 6.45) is -3.88. The van der Waals surface area contributed by atoms with Crippen LogP contribution in [0.4, 0.5) is 13.2 Å². The highest BCUT2D eigenvalue weighted by molar-refractivity contribution is 5.67. The summed E-state index contributed by atoms with van der Waals surface area (Å²) in [5.41, 5.74) is 0.333. The van der Waals surface area contributed by atoms with E-state index >= 15 is 0 Å². The monoisotopic (exact) mass is 339 g/mol. The Balaban J connectivity index is 1.75. The molecule has 1 saturated heterocycles. The number of nitrogens with zero attached hydrogens (tertiary/aromatic N) is 2. The van der Waals surface area contributed by atoms with Gasteiger partial charge in [-0.3, -0.25) is 0 Å². The SMILES string of the molecule is Oc1cc(C(F)(F)F)ccc1-c1ccc(C[C@H]2CNCCO2)nn1. The minimum Gasteiger partial charge on any atom is -0.507 e. The molecule has 2 aromatic rings. The average molecular weight is 339 g/mol. The van der Waals surface area contributed by atoms with Crippen molar-refractivity contribution in [1.82, 2.24) is 15.5 Å². The van der Waals surface area contributed by atoms with Crippen LogP contribution in [0.2, 0.25) is 0 Å². The lowest BCUT2D eigenvalue weighted by Gasteiger charge is -2.23. The van der Waals surface area contributed by atoms with Gasteiger partial charge in [0.15, 0.2) is 0 Å². The van der Waals surface area contributed by atoms with Gasteiger partial charge in [-0.1, -0.05) is 0 Å². The van der Waals surface area contributed by atoms with Gasteiger partial charge in [-0.05, 0) is 30.3 Å². The third-order valence-electron chi connectivity index (χ3n) is 3.76. The van der Waals surface area contributed by atoms with E-state index in [9.17, 15) is 18.3 Å². The number of nitrogens with one attached hydrogen (secondary N) is 1. The molecule has 1 aromatic carbocycles. The lowest BCUT2D eigenvalue weighted by molar-refractivity contribution is -0.137. The Morgan fingerprint density at radius 3 is 2.62 bits per heavy atom. The van der Waals surface area contributed by atoms with Crippen molar-refractivity contribution in [3.63, 3.8) is 0 Å². The molecule has 24 heavy (non-hydrogen) atoms. The molecule has 0 amide bonds. The van der Waals surface area contributed by atoms with Crippen LogP contribution in [0.5, 0.6) is 5.75 Å². The first-order chi connectivity index (χ1) is 11.4. The lowest BCUT2D eigenvalue weighted by Crippen LogP contribution is -2.39. The Hall–Kier alpha value is -2.19. The highest BCUT2D eigenvalue weighted by Crippen LogP contribution is 2.35. The van der Waals surface area contributed by atoms with Gasteiger partial charge < -0.3 is 15.2 Å². The Labute approximate surface area is 136 Å². The third kappa shape index (κ3) is 3.82. The fourth-order valence-electron chi connectivity index (χ4n) is 2.52. The van der Waals surface area contributed by atoms with E-state index in [1.165, 1.54) is 6.07 Å². The molecule has 0 unspecified atom stereocenters. The van der Waals surface area contributed by atoms with Crippen LogP contribution in [0.25, 0.3) is 11.3 Å². The van der Waals surface area contributed by atoms with Crippen LogP contribution in [0, 0.1) is 0 Å².